The van der Waals surface area contributed by atoms with Crippen LogP contribution >= 0.6 is 0 Å². The molecule has 0 amide bonds. The highest BCUT2D eigenvalue weighted by atomic mass is 16.7. The van der Waals surface area contributed by atoms with Gasteiger partial charge in [0, 0.05) is 18.4 Å². The summed E-state index contributed by atoms with van der Waals surface area (Å²) < 4.78 is 6.34. The zero-order chi connectivity index (χ0) is 12.0. The van der Waals surface area contributed by atoms with Gasteiger partial charge in [-0.25, -0.2) is 9.78 Å². The summed E-state index contributed by atoms with van der Waals surface area (Å²) in [6, 6.07) is 0.361. The Morgan fingerprint density at radius 1 is 1.62 bits per heavy atom. The van der Waals surface area contributed by atoms with Crippen LogP contribution in [0, 0.1) is 0 Å². The highest BCUT2D eigenvalue weighted by Gasteiger charge is 2.13. The minimum atomic E-state index is -1.33. The second-order valence-corrected chi connectivity index (χ2v) is 3.83. The maximum absolute atomic E-state index is 10.4. The number of rotatable bonds is 6. The first-order valence-corrected chi connectivity index (χ1v) is 5.58. The molecule has 1 unspecified atom stereocenters. The van der Waals surface area contributed by atoms with Crippen LogP contribution in [0.15, 0.2) is 12.4 Å². The quantitative estimate of drug-likeness (QED) is 0.598. The summed E-state index contributed by atoms with van der Waals surface area (Å²) in [6.45, 7) is 4.19. The third-order valence-electron chi connectivity index (χ3n) is 2.51. The summed E-state index contributed by atoms with van der Waals surface area (Å²) in [7, 11) is 0. The number of carboxylic acid groups (broad SMARTS) is 1. The van der Waals surface area contributed by atoms with Crippen molar-refractivity contribution in [2.24, 2.45) is 0 Å². The third kappa shape index (κ3) is 3.56. The van der Waals surface area contributed by atoms with Crippen molar-refractivity contribution in [3.63, 3.8) is 0 Å². The Morgan fingerprint density at radius 3 is 3.00 bits per heavy atom. The standard InChI is InChI=1S/C11H18N2O3/c1-3-4-5-6-9(2)13-8-7-12-10(13)16-11(14)15/h7-9H,3-6H2,1-2H3,(H,14,15). The number of aromatic nitrogens is 2. The van der Waals surface area contributed by atoms with E-state index in [-0.39, 0.29) is 12.1 Å². The fourth-order valence-corrected chi connectivity index (χ4v) is 1.62. The summed E-state index contributed by atoms with van der Waals surface area (Å²) in [4.78, 5) is 14.3. The van der Waals surface area contributed by atoms with Crippen molar-refractivity contribution in [1.29, 1.82) is 0 Å². The number of unbranched alkanes of at least 4 members (excludes halogenated alkanes) is 2. The SMILES string of the molecule is CCCCCC(C)n1ccnc1OC(=O)O. The van der Waals surface area contributed by atoms with Gasteiger partial charge in [0.2, 0.25) is 0 Å². The smallest absolute Gasteiger partial charge is 0.449 e. The molecule has 0 aliphatic heterocycles. The second-order valence-electron chi connectivity index (χ2n) is 3.83. The zero-order valence-electron chi connectivity index (χ0n) is 9.72. The Bertz CT molecular complexity index is 336. The maximum atomic E-state index is 10.4. The molecule has 0 saturated heterocycles. The molecule has 1 N–H and O–H groups in total. The van der Waals surface area contributed by atoms with E-state index in [9.17, 15) is 4.79 Å². The van der Waals surface area contributed by atoms with Gasteiger partial charge in [0.1, 0.15) is 0 Å². The lowest BCUT2D eigenvalue weighted by atomic mass is 10.1. The highest BCUT2D eigenvalue weighted by molar-refractivity contribution is 5.59. The van der Waals surface area contributed by atoms with Gasteiger partial charge in [0.15, 0.2) is 0 Å². The number of hydrogen-bond donors (Lipinski definition) is 1. The predicted molar refractivity (Wildman–Crippen MR) is 59.7 cm³/mol. The number of ether oxygens (including phenoxy) is 1. The van der Waals surface area contributed by atoms with Crippen molar-refractivity contribution < 1.29 is 14.6 Å². The molecule has 1 aromatic heterocycles. The van der Waals surface area contributed by atoms with E-state index >= 15 is 0 Å². The third-order valence-corrected chi connectivity index (χ3v) is 2.51. The van der Waals surface area contributed by atoms with Gasteiger partial charge >= 0.3 is 12.2 Å². The van der Waals surface area contributed by atoms with E-state index in [0.717, 1.165) is 12.8 Å². The molecule has 0 radical (unpaired) electrons. The highest BCUT2D eigenvalue weighted by Crippen LogP contribution is 2.20. The van der Waals surface area contributed by atoms with Gasteiger partial charge in [-0.05, 0) is 13.3 Å². The summed E-state index contributed by atoms with van der Waals surface area (Å²) in [5, 5.41) is 8.53. The molecule has 1 rings (SSSR count). The molecule has 0 aliphatic rings. The molecule has 0 fully saturated rings. The van der Waals surface area contributed by atoms with Crippen molar-refractivity contribution in [2.45, 2.75) is 45.6 Å². The van der Waals surface area contributed by atoms with E-state index in [4.69, 9.17) is 5.11 Å². The van der Waals surface area contributed by atoms with Crippen LogP contribution < -0.4 is 4.74 Å². The van der Waals surface area contributed by atoms with E-state index < -0.39 is 6.16 Å². The molecule has 5 heteroatoms. The average Bonchev–Trinajstić information content (AvgIpc) is 2.65. The molecule has 0 bridgehead atoms. The Morgan fingerprint density at radius 2 is 2.38 bits per heavy atom. The van der Waals surface area contributed by atoms with Crippen molar-refractivity contribution in [3.05, 3.63) is 12.4 Å². The number of hydrogen-bond acceptors (Lipinski definition) is 3. The van der Waals surface area contributed by atoms with Crippen molar-refractivity contribution >= 4 is 6.16 Å². The van der Waals surface area contributed by atoms with Crippen LogP contribution in [0.25, 0.3) is 0 Å². The molecule has 1 atom stereocenters. The van der Waals surface area contributed by atoms with E-state index in [2.05, 4.69) is 16.6 Å². The maximum Gasteiger partial charge on any atom is 0.513 e. The first-order valence-electron chi connectivity index (χ1n) is 5.58. The normalized spacial score (nSPS) is 12.4. The summed E-state index contributed by atoms with van der Waals surface area (Å²) >= 11 is 0. The number of carbonyl (C=O) groups is 1. The molecule has 1 aromatic rings. The molecule has 0 aromatic carbocycles. The number of nitrogens with zero attached hydrogens (tertiary/aromatic N) is 2. The minimum Gasteiger partial charge on any atom is -0.449 e. The van der Waals surface area contributed by atoms with Crippen LogP contribution in [0.1, 0.15) is 45.6 Å². The molecular weight excluding hydrogens is 208 g/mol. The lowest BCUT2D eigenvalue weighted by Crippen LogP contribution is -2.11. The van der Waals surface area contributed by atoms with Gasteiger partial charge in [-0.3, -0.25) is 4.57 Å². The molecule has 90 valence electrons. The lowest BCUT2D eigenvalue weighted by molar-refractivity contribution is 0.137. The Labute approximate surface area is 95.1 Å². The van der Waals surface area contributed by atoms with Crippen LogP contribution in [0.2, 0.25) is 0 Å². The monoisotopic (exact) mass is 226 g/mol. The van der Waals surface area contributed by atoms with Crippen LogP contribution in [-0.4, -0.2) is 20.8 Å². The second kappa shape index (κ2) is 6.15. The lowest BCUT2D eigenvalue weighted by Gasteiger charge is -2.14. The first-order chi connectivity index (χ1) is 7.65. The van der Waals surface area contributed by atoms with Gasteiger partial charge in [-0.15, -0.1) is 0 Å². The van der Waals surface area contributed by atoms with Crippen LogP contribution in [0.4, 0.5) is 4.79 Å². The van der Waals surface area contributed by atoms with Crippen molar-refractivity contribution in [2.75, 3.05) is 0 Å². The van der Waals surface area contributed by atoms with Crippen molar-refractivity contribution in [1.82, 2.24) is 9.55 Å². The molecule has 16 heavy (non-hydrogen) atoms. The fraction of sp³-hybridized carbons (Fsp3) is 0.636. The Hall–Kier alpha value is -1.52. The molecule has 0 spiro atoms. The summed E-state index contributed by atoms with van der Waals surface area (Å²) in [6.07, 6.45) is 6.46. The van der Waals surface area contributed by atoms with Gasteiger partial charge in [0.05, 0.1) is 0 Å². The summed E-state index contributed by atoms with van der Waals surface area (Å²) in [5.74, 6) is 0. The minimum absolute atomic E-state index is 0.150. The van der Waals surface area contributed by atoms with Gasteiger partial charge in [0.25, 0.3) is 0 Å². The topological polar surface area (TPSA) is 64.4 Å². The predicted octanol–water partition coefficient (Wildman–Crippen LogP) is 3.08. The molecular formula is C11H18N2O3. The van der Waals surface area contributed by atoms with Gasteiger partial charge in [-0.1, -0.05) is 26.2 Å². The van der Waals surface area contributed by atoms with Crippen LogP contribution in [-0.2, 0) is 0 Å². The van der Waals surface area contributed by atoms with Crippen LogP contribution in [0.5, 0.6) is 6.01 Å². The molecule has 0 saturated carbocycles. The largest absolute Gasteiger partial charge is 0.513 e. The van der Waals surface area contributed by atoms with E-state index in [1.807, 2.05) is 6.92 Å². The molecule has 1 heterocycles. The Kier molecular flexibility index (Phi) is 4.82. The Balaban J connectivity index is 2.57. The van der Waals surface area contributed by atoms with Crippen molar-refractivity contribution in [3.8, 4) is 6.01 Å². The molecule has 5 nitrogen and oxygen atoms in total. The van der Waals surface area contributed by atoms with Crippen LogP contribution in [0.3, 0.4) is 0 Å². The zero-order valence-corrected chi connectivity index (χ0v) is 9.72. The van der Waals surface area contributed by atoms with E-state index in [1.165, 1.54) is 12.8 Å². The van der Waals surface area contributed by atoms with Gasteiger partial charge in [-0.2, -0.15) is 0 Å². The summed E-state index contributed by atoms with van der Waals surface area (Å²) in [5.41, 5.74) is 0. The number of imidazole rings is 1. The average molecular weight is 226 g/mol. The molecule has 0 aliphatic carbocycles. The van der Waals surface area contributed by atoms with E-state index in [1.54, 1.807) is 17.0 Å². The van der Waals surface area contributed by atoms with E-state index in [0.29, 0.717) is 0 Å². The van der Waals surface area contributed by atoms with Gasteiger partial charge < -0.3 is 9.84 Å². The fourth-order valence-electron chi connectivity index (χ4n) is 1.62. The first kappa shape index (κ1) is 12.5.